The van der Waals surface area contributed by atoms with Crippen LogP contribution in [0.1, 0.15) is 56.5 Å². The number of likely N-dealkylation sites (tertiary alicyclic amines) is 1. The summed E-state index contributed by atoms with van der Waals surface area (Å²) >= 11 is 0. The largest absolute Gasteiger partial charge is 0.378 e. The van der Waals surface area contributed by atoms with Gasteiger partial charge in [-0.2, -0.15) is 0 Å². The Kier molecular flexibility index (Phi) is 4.53. The van der Waals surface area contributed by atoms with Gasteiger partial charge in [0, 0.05) is 26.1 Å². The van der Waals surface area contributed by atoms with Gasteiger partial charge in [0.2, 0.25) is 0 Å². The molecule has 1 aliphatic heterocycles. The van der Waals surface area contributed by atoms with Gasteiger partial charge >= 0.3 is 6.03 Å². The first kappa shape index (κ1) is 16.2. The highest BCUT2D eigenvalue weighted by atomic mass is 16.5. The summed E-state index contributed by atoms with van der Waals surface area (Å²) in [6.45, 7) is 5.48. The van der Waals surface area contributed by atoms with Gasteiger partial charge in [0.1, 0.15) is 5.82 Å². The lowest BCUT2D eigenvalue weighted by Crippen LogP contribution is -2.37. The summed E-state index contributed by atoms with van der Waals surface area (Å²) in [5.74, 6) is 1.24. The van der Waals surface area contributed by atoms with Crippen molar-refractivity contribution in [3.05, 3.63) is 17.7 Å². The van der Waals surface area contributed by atoms with Crippen LogP contribution in [0.15, 0.2) is 6.20 Å². The summed E-state index contributed by atoms with van der Waals surface area (Å²) in [6.07, 6.45) is 6.83. The number of methoxy groups -OCH3 is 1. The van der Waals surface area contributed by atoms with E-state index in [9.17, 15) is 4.79 Å². The van der Waals surface area contributed by atoms with Crippen LogP contribution in [0.2, 0.25) is 0 Å². The van der Waals surface area contributed by atoms with Crippen molar-refractivity contribution in [3.8, 4) is 0 Å². The van der Waals surface area contributed by atoms with Gasteiger partial charge in [-0.3, -0.25) is 0 Å². The molecule has 2 heterocycles. The molecule has 6 heteroatoms. The number of amides is 2. The third-order valence-corrected chi connectivity index (χ3v) is 4.97. The first-order valence-electron chi connectivity index (χ1n) is 8.45. The number of rotatable bonds is 3. The molecule has 2 aliphatic rings. The van der Waals surface area contributed by atoms with E-state index in [0.717, 1.165) is 55.9 Å². The second kappa shape index (κ2) is 6.43. The summed E-state index contributed by atoms with van der Waals surface area (Å²) in [6, 6.07) is -0.0558. The number of urea groups is 1. The maximum absolute atomic E-state index is 12.6. The highest BCUT2D eigenvalue weighted by Crippen LogP contribution is 2.42. The zero-order valence-electron chi connectivity index (χ0n) is 14.3. The van der Waals surface area contributed by atoms with Crippen LogP contribution in [0, 0.1) is 6.92 Å². The van der Waals surface area contributed by atoms with E-state index in [-0.39, 0.29) is 11.6 Å². The first-order chi connectivity index (χ1) is 11.0. The van der Waals surface area contributed by atoms with Gasteiger partial charge in [-0.15, -0.1) is 0 Å². The molecular formula is C17H26N4O2. The Morgan fingerprint density at radius 2 is 2.17 bits per heavy atom. The summed E-state index contributed by atoms with van der Waals surface area (Å²) in [5.41, 5.74) is 1.63. The molecule has 23 heavy (non-hydrogen) atoms. The normalized spacial score (nSPS) is 25.1. The van der Waals surface area contributed by atoms with Crippen molar-refractivity contribution in [3.63, 3.8) is 0 Å². The molecule has 3 rings (SSSR count). The number of hydrogen-bond donors (Lipinski definition) is 1. The minimum atomic E-state index is -0.124. The fraction of sp³-hybridized carbons (Fsp3) is 0.706. The average Bonchev–Trinajstić information content (AvgIpc) is 3.37. The van der Waals surface area contributed by atoms with Crippen LogP contribution in [0.25, 0.3) is 0 Å². The van der Waals surface area contributed by atoms with E-state index in [0.29, 0.717) is 12.5 Å². The van der Waals surface area contributed by atoms with Gasteiger partial charge in [0.25, 0.3) is 0 Å². The molecule has 6 nitrogen and oxygen atoms in total. The van der Waals surface area contributed by atoms with Gasteiger partial charge in [0.15, 0.2) is 0 Å². The Hall–Kier alpha value is -1.69. The Balaban J connectivity index is 1.67. The van der Waals surface area contributed by atoms with Crippen molar-refractivity contribution in [1.29, 1.82) is 0 Å². The Bertz CT molecular complexity index is 588. The Labute approximate surface area is 137 Å². The minimum absolute atomic E-state index is 0.0558. The number of anilines is 1. The van der Waals surface area contributed by atoms with Crippen LogP contribution in [-0.4, -0.2) is 46.7 Å². The summed E-state index contributed by atoms with van der Waals surface area (Å²) in [5, 5.41) is 3.02. The van der Waals surface area contributed by atoms with E-state index in [2.05, 4.69) is 22.2 Å². The number of carbonyl (C=O) groups is 1. The molecule has 1 aromatic heterocycles. The molecule has 1 N–H and O–H groups in total. The van der Waals surface area contributed by atoms with Crippen LogP contribution >= 0.6 is 0 Å². The molecule has 0 aromatic carbocycles. The molecule has 126 valence electrons. The summed E-state index contributed by atoms with van der Waals surface area (Å²) in [4.78, 5) is 23.3. The highest BCUT2D eigenvalue weighted by molar-refractivity contribution is 5.90. The third-order valence-electron chi connectivity index (χ3n) is 4.97. The Morgan fingerprint density at radius 3 is 2.87 bits per heavy atom. The standard InChI is InChI=1S/C17H26N4O2/c1-12-18-11-14(15(19-12)13-5-6-13)20-16(22)21-9-4-7-17(2,23-3)8-10-21/h11,13H,4-10H2,1-3H3,(H,20,22)/t17-/m0/s1. The van der Waals surface area contributed by atoms with Crippen molar-refractivity contribution in [2.24, 2.45) is 0 Å². The topological polar surface area (TPSA) is 67.3 Å². The molecule has 2 amide bonds. The summed E-state index contributed by atoms with van der Waals surface area (Å²) in [7, 11) is 1.75. The molecule has 1 aromatic rings. The number of nitrogens with one attached hydrogen (secondary N) is 1. The van der Waals surface area contributed by atoms with E-state index >= 15 is 0 Å². The molecule has 0 bridgehead atoms. The van der Waals surface area contributed by atoms with E-state index < -0.39 is 0 Å². The second-order valence-electron chi connectivity index (χ2n) is 6.92. The SMILES string of the molecule is CO[C@@]1(C)CCCN(C(=O)Nc2cnc(C)nc2C2CC2)CC1. The predicted molar refractivity (Wildman–Crippen MR) is 88.6 cm³/mol. The molecular weight excluding hydrogens is 292 g/mol. The highest BCUT2D eigenvalue weighted by Gasteiger charge is 2.31. The van der Waals surface area contributed by atoms with E-state index in [4.69, 9.17) is 4.74 Å². The number of hydrogen-bond acceptors (Lipinski definition) is 4. The summed E-state index contributed by atoms with van der Waals surface area (Å²) < 4.78 is 5.60. The van der Waals surface area contributed by atoms with Gasteiger partial charge < -0.3 is 15.0 Å². The van der Waals surface area contributed by atoms with Crippen molar-refractivity contribution < 1.29 is 9.53 Å². The molecule has 1 saturated carbocycles. The second-order valence-corrected chi connectivity index (χ2v) is 6.92. The van der Waals surface area contributed by atoms with Crippen LogP contribution in [0.3, 0.4) is 0 Å². The smallest absolute Gasteiger partial charge is 0.321 e. The average molecular weight is 318 g/mol. The maximum atomic E-state index is 12.6. The van der Waals surface area contributed by atoms with Gasteiger partial charge in [-0.05, 0) is 46.0 Å². The number of ether oxygens (including phenoxy) is 1. The van der Waals surface area contributed by atoms with Crippen LogP contribution in [-0.2, 0) is 4.74 Å². The van der Waals surface area contributed by atoms with E-state index in [1.54, 1.807) is 13.3 Å². The van der Waals surface area contributed by atoms with Gasteiger partial charge in [0.05, 0.1) is 23.2 Å². The monoisotopic (exact) mass is 318 g/mol. The fourth-order valence-corrected chi connectivity index (χ4v) is 3.11. The first-order valence-corrected chi connectivity index (χ1v) is 8.45. The maximum Gasteiger partial charge on any atom is 0.321 e. The van der Waals surface area contributed by atoms with Crippen LogP contribution < -0.4 is 5.32 Å². The molecule has 2 fully saturated rings. The molecule has 1 atom stereocenters. The lowest BCUT2D eigenvalue weighted by molar-refractivity contribution is -0.00491. The number of nitrogens with zero attached hydrogens (tertiary/aromatic N) is 3. The lowest BCUT2D eigenvalue weighted by Gasteiger charge is -2.26. The quantitative estimate of drug-likeness (QED) is 0.930. The van der Waals surface area contributed by atoms with Gasteiger partial charge in [-0.25, -0.2) is 14.8 Å². The predicted octanol–water partition coefficient (Wildman–Crippen LogP) is 3.09. The van der Waals surface area contributed by atoms with Crippen molar-refractivity contribution >= 4 is 11.7 Å². The number of aryl methyl sites for hydroxylation is 1. The zero-order valence-corrected chi connectivity index (χ0v) is 14.3. The van der Waals surface area contributed by atoms with E-state index in [1.807, 2.05) is 11.8 Å². The van der Waals surface area contributed by atoms with Gasteiger partial charge in [-0.1, -0.05) is 0 Å². The minimum Gasteiger partial charge on any atom is -0.378 e. The van der Waals surface area contributed by atoms with Crippen molar-refractivity contribution in [1.82, 2.24) is 14.9 Å². The number of carbonyl (C=O) groups excluding carboxylic acids is 1. The molecule has 1 saturated heterocycles. The molecule has 0 spiro atoms. The van der Waals surface area contributed by atoms with Crippen LogP contribution in [0.5, 0.6) is 0 Å². The van der Waals surface area contributed by atoms with E-state index in [1.165, 1.54) is 0 Å². The molecule has 1 aliphatic carbocycles. The Morgan fingerprint density at radius 1 is 1.39 bits per heavy atom. The fourth-order valence-electron chi connectivity index (χ4n) is 3.11. The van der Waals surface area contributed by atoms with Crippen molar-refractivity contribution in [2.45, 2.75) is 57.5 Å². The molecule has 0 radical (unpaired) electrons. The number of aromatic nitrogens is 2. The lowest BCUT2D eigenvalue weighted by atomic mass is 9.97. The van der Waals surface area contributed by atoms with Crippen molar-refractivity contribution in [2.75, 3.05) is 25.5 Å². The molecule has 0 unspecified atom stereocenters. The van der Waals surface area contributed by atoms with Crippen LogP contribution in [0.4, 0.5) is 10.5 Å². The zero-order chi connectivity index (χ0) is 16.4. The third kappa shape index (κ3) is 3.80.